The lowest BCUT2D eigenvalue weighted by Gasteiger charge is -2.19. The summed E-state index contributed by atoms with van der Waals surface area (Å²) in [6.45, 7) is 2.90. The van der Waals surface area contributed by atoms with Crippen molar-refractivity contribution in [1.29, 1.82) is 0 Å². The molecule has 4 heteroatoms. The van der Waals surface area contributed by atoms with Crippen LogP contribution in [-0.2, 0) is 6.42 Å². The summed E-state index contributed by atoms with van der Waals surface area (Å²) in [5.74, 6) is 0.903. The summed E-state index contributed by atoms with van der Waals surface area (Å²) < 4.78 is 0. The lowest BCUT2D eigenvalue weighted by Crippen LogP contribution is -2.21. The zero-order valence-electron chi connectivity index (χ0n) is 13.2. The fourth-order valence-corrected chi connectivity index (χ4v) is 3.03. The van der Waals surface area contributed by atoms with Crippen LogP contribution >= 0.6 is 0 Å². The fraction of sp³-hybridized carbons (Fsp3) is 0.389. The predicted octanol–water partition coefficient (Wildman–Crippen LogP) is 2.92. The summed E-state index contributed by atoms with van der Waals surface area (Å²) in [4.78, 5) is 6.50. The first-order chi connectivity index (χ1) is 10.7. The highest BCUT2D eigenvalue weighted by atomic mass is 16.3. The van der Waals surface area contributed by atoms with E-state index in [0.717, 1.165) is 24.3 Å². The van der Waals surface area contributed by atoms with Gasteiger partial charge in [0.2, 0.25) is 0 Å². The Labute approximate surface area is 131 Å². The molecule has 0 saturated carbocycles. The zero-order chi connectivity index (χ0) is 15.5. The van der Waals surface area contributed by atoms with Gasteiger partial charge in [0, 0.05) is 13.6 Å². The Morgan fingerprint density at radius 3 is 2.91 bits per heavy atom. The molecule has 1 aliphatic rings. The Hall–Kier alpha value is -2.07. The molecule has 1 aromatic heterocycles. The second-order valence-electron chi connectivity index (χ2n) is 5.98. The number of likely N-dealkylation sites (N-methyl/N-ethyl adjacent to an activating group) is 1. The SMILES string of the molecule is Cc1ccc2c(c1)C(Nc1ccc(N(C)CCO)cn1)CC2. The number of fused-ring (bicyclic) bond motifs is 1. The van der Waals surface area contributed by atoms with Crippen molar-refractivity contribution < 1.29 is 5.11 Å². The number of hydrogen-bond donors (Lipinski definition) is 2. The maximum absolute atomic E-state index is 8.98. The monoisotopic (exact) mass is 297 g/mol. The minimum absolute atomic E-state index is 0.148. The van der Waals surface area contributed by atoms with Gasteiger partial charge in [0.15, 0.2) is 0 Å². The van der Waals surface area contributed by atoms with Crippen molar-refractivity contribution in [1.82, 2.24) is 4.98 Å². The molecule has 0 radical (unpaired) electrons. The van der Waals surface area contributed by atoms with Gasteiger partial charge >= 0.3 is 0 Å². The lowest BCUT2D eigenvalue weighted by molar-refractivity contribution is 0.304. The molecule has 0 bridgehead atoms. The van der Waals surface area contributed by atoms with Gasteiger partial charge < -0.3 is 15.3 Å². The third-order valence-corrected chi connectivity index (χ3v) is 4.33. The van der Waals surface area contributed by atoms with E-state index in [1.54, 1.807) is 0 Å². The average Bonchev–Trinajstić information content (AvgIpc) is 2.90. The maximum Gasteiger partial charge on any atom is 0.126 e. The molecule has 22 heavy (non-hydrogen) atoms. The first-order valence-electron chi connectivity index (χ1n) is 7.81. The third kappa shape index (κ3) is 3.07. The van der Waals surface area contributed by atoms with E-state index in [2.05, 4.69) is 35.4 Å². The molecule has 4 nitrogen and oxygen atoms in total. The molecular weight excluding hydrogens is 274 g/mol. The molecule has 116 valence electrons. The van der Waals surface area contributed by atoms with Crippen molar-refractivity contribution in [3.63, 3.8) is 0 Å². The molecule has 1 atom stereocenters. The van der Waals surface area contributed by atoms with Gasteiger partial charge in [-0.2, -0.15) is 0 Å². The third-order valence-electron chi connectivity index (χ3n) is 4.33. The highest BCUT2D eigenvalue weighted by molar-refractivity contribution is 5.51. The van der Waals surface area contributed by atoms with Crippen molar-refractivity contribution in [2.45, 2.75) is 25.8 Å². The average molecular weight is 297 g/mol. The minimum Gasteiger partial charge on any atom is -0.395 e. The van der Waals surface area contributed by atoms with Crippen LogP contribution in [0.5, 0.6) is 0 Å². The van der Waals surface area contributed by atoms with Crippen molar-refractivity contribution in [2.75, 3.05) is 30.4 Å². The highest BCUT2D eigenvalue weighted by Crippen LogP contribution is 2.34. The number of hydrogen-bond acceptors (Lipinski definition) is 4. The van der Waals surface area contributed by atoms with E-state index in [9.17, 15) is 0 Å². The molecule has 0 amide bonds. The van der Waals surface area contributed by atoms with Crippen LogP contribution in [0, 0.1) is 6.92 Å². The Morgan fingerprint density at radius 2 is 2.18 bits per heavy atom. The van der Waals surface area contributed by atoms with Gasteiger partial charge in [-0.15, -0.1) is 0 Å². The molecule has 1 heterocycles. The van der Waals surface area contributed by atoms with Crippen LogP contribution in [-0.4, -0.2) is 30.3 Å². The van der Waals surface area contributed by atoms with Gasteiger partial charge in [-0.05, 0) is 43.0 Å². The van der Waals surface area contributed by atoms with Gasteiger partial charge in [-0.3, -0.25) is 0 Å². The maximum atomic E-state index is 8.98. The number of pyridine rings is 1. The molecule has 2 N–H and O–H groups in total. The largest absolute Gasteiger partial charge is 0.395 e. The van der Waals surface area contributed by atoms with Gasteiger partial charge in [-0.25, -0.2) is 4.98 Å². The standard InChI is InChI=1S/C18H23N3O/c1-13-3-4-14-5-7-17(16(14)11-13)20-18-8-6-15(12-19-18)21(2)9-10-22/h3-4,6,8,11-12,17,22H,5,7,9-10H2,1-2H3,(H,19,20). The number of nitrogens with one attached hydrogen (secondary N) is 1. The molecule has 0 fully saturated rings. The smallest absolute Gasteiger partial charge is 0.126 e. The molecule has 2 aromatic rings. The molecular formula is C18H23N3O. The number of benzene rings is 1. The summed E-state index contributed by atoms with van der Waals surface area (Å²) in [6, 6.07) is 11.1. The number of aryl methyl sites for hydroxylation is 2. The van der Waals surface area contributed by atoms with E-state index in [-0.39, 0.29) is 6.61 Å². The molecule has 0 saturated heterocycles. The van der Waals surface area contributed by atoms with Gasteiger partial charge in [0.05, 0.1) is 24.5 Å². The van der Waals surface area contributed by atoms with Crippen LogP contribution in [0.2, 0.25) is 0 Å². The number of rotatable bonds is 5. The second-order valence-corrected chi connectivity index (χ2v) is 5.98. The first-order valence-corrected chi connectivity index (χ1v) is 7.81. The normalized spacial score (nSPS) is 16.4. The van der Waals surface area contributed by atoms with Crippen LogP contribution in [0.3, 0.4) is 0 Å². The van der Waals surface area contributed by atoms with Gasteiger partial charge in [0.25, 0.3) is 0 Å². The quantitative estimate of drug-likeness (QED) is 0.891. The summed E-state index contributed by atoms with van der Waals surface area (Å²) in [7, 11) is 1.95. The summed E-state index contributed by atoms with van der Waals surface area (Å²) in [5, 5.41) is 12.5. The highest BCUT2D eigenvalue weighted by Gasteiger charge is 2.22. The Balaban J connectivity index is 1.71. The number of aliphatic hydroxyl groups is 1. The van der Waals surface area contributed by atoms with Crippen LogP contribution in [0.25, 0.3) is 0 Å². The van der Waals surface area contributed by atoms with Crippen LogP contribution in [0.15, 0.2) is 36.5 Å². The van der Waals surface area contributed by atoms with Crippen molar-refractivity contribution in [3.8, 4) is 0 Å². The zero-order valence-corrected chi connectivity index (χ0v) is 13.2. The van der Waals surface area contributed by atoms with Crippen molar-refractivity contribution in [2.24, 2.45) is 0 Å². The van der Waals surface area contributed by atoms with Crippen molar-refractivity contribution >= 4 is 11.5 Å². The predicted molar refractivity (Wildman–Crippen MR) is 90.5 cm³/mol. The number of nitrogens with zero attached hydrogens (tertiary/aromatic N) is 2. The summed E-state index contributed by atoms with van der Waals surface area (Å²) >= 11 is 0. The molecule has 0 spiro atoms. The molecule has 0 aliphatic heterocycles. The van der Waals surface area contributed by atoms with Crippen LogP contribution in [0.4, 0.5) is 11.5 Å². The van der Waals surface area contributed by atoms with Gasteiger partial charge in [0.1, 0.15) is 5.82 Å². The number of aromatic nitrogens is 1. The summed E-state index contributed by atoms with van der Waals surface area (Å²) in [6.07, 6.45) is 4.10. The van der Waals surface area contributed by atoms with Crippen LogP contribution < -0.4 is 10.2 Å². The lowest BCUT2D eigenvalue weighted by atomic mass is 10.1. The van der Waals surface area contributed by atoms with E-state index in [4.69, 9.17) is 5.11 Å². The Morgan fingerprint density at radius 1 is 1.32 bits per heavy atom. The topological polar surface area (TPSA) is 48.4 Å². The number of aliphatic hydroxyl groups excluding tert-OH is 1. The first kappa shape index (κ1) is 14.9. The Kier molecular flexibility index (Phi) is 4.29. The number of anilines is 2. The van der Waals surface area contributed by atoms with E-state index in [1.165, 1.54) is 16.7 Å². The Bertz CT molecular complexity index is 639. The summed E-state index contributed by atoms with van der Waals surface area (Å²) in [5.41, 5.74) is 5.18. The molecule has 1 aromatic carbocycles. The fourth-order valence-electron chi connectivity index (χ4n) is 3.03. The minimum atomic E-state index is 0.148. The molecule has 3 rings (SSSR count). The van der Waals surface area contributed by atoms with E-state index >= 15 is 0 Å². The van der Waals surface area contributed by atoms with Crippen molar-refractivity contribution in [3.05, 3.63) is 53.2 Å². The van der Waals surface area contributed by atoms with E-state index < -0.39 is 0 Å². The van der Waals surface area contributed by atoms with Gasteiger partial charge in [-0.1, -0.05) is 23.8 Å². The van der Waals surface area contributed by atoms with E-state index in [1.807, 2.05) is 30.3 Å². The van der Waals surface area contributed by atoms with Crippen LogP contribution in [0.1, 0.15) is 29.2 Å². The van der Waals surface area contributed by atoms with E-state index in [0.29, 0.717) is 12.6 Å². The molecule has 1 aliphatic carbocycles. The molecule has 1 unspecified atom stereocenters. The second kappa shape index (κ2) is 6.36.